The number of furan rings is 1. The first-order valence-electron chi connectivity index (χ1n) is 17.3. The van der Waals surface area contributed by atoms with Crippen molar-refractivity contribution in [3.05, 3.63) is 163 Å². The number of fused-ring (bicyclic) bond motifs is 13. The lowest BCUT2D eigenvalue weighted by atomic mass is 9.82. The highest BCUT2D eigenvalue weighted by Crippen LogP contribution is 2.53. The van der Waals surface area contributed by atoms with Gasteiger partial charge in [-0.3, -0.25) is 0 Å². The van der Waals surface area contributed by atoms with Crippen LogP contribution in [0.1, 0.15) is 25.0 Å². The van der Waals surface area contributed by atoms with Crippen molar-refractivity contribution in [2.75, 3.05) is 4.90 Å². The molecule has 10 aromatic rings. The second-order valence-corrected chi connectivity index (χ2v) is 15.1. The summed E-state index contributed by atoms with van der Waals surface area (Å²) in [4.78, 5) is 2.45. The molecule has 0 unspecified atom stereocenters. The van der Waals surface area contributed by atoms with E-state index in [1.165, 1.54) is 58.6 Å². The lowest BCUT2D eigenvalue weighted by molar-refractivity contribution is 0.660. The standard InChI is InChI=1S/C47H31NOS/c1-47(2)39-18-8-7-15-33(39)34-26-23-30(27-40(34)47)48(41-19-9-16-35-36-24-21-28-11-3-5-13-31(28)43(36)49-44(35)41)42-20-10-17-37-38-25-22-29-12-4-6-14-32(29)45(38)50-46(37)42/h3-27H,1-2H3. The summed E-state index contributed by atoms with van der Waals surface area (Å²) in [5.74, 6) is 0. The van der Waals surface area contributed by atoms with Gasteiger partial charge in [0.1, 0.15) is 5.58 Å². The van der Waals surface area contributed by atoms with Crippen LogP contribution < -0.4 is 4.90 Å². The average Bonchev–Trinajstić information content (AvgIpc) is 3.81. The van der Waals surface area contributed by atoms with Crippen LogP contribution in [-0.2, 0) is 5.41 Å². The molecule has 0 saturated carbocycles. The number of hydrogen-bond donors (Lipinski definition) is 0. The molecule has 3 heteroatoms. The molecule has 0 bridgehead atoms. The van der Waals surface area contributed by atoms with Gasteiger partial charge >= 0.3 is 0 Å². The maximum Gasteiger partial charge on any atom is 0.159 e. The fraction of sp³-hybridized carbons (Fsp3) is 0.0638. The van der Waals surface area contributed by atoms with Gasteiger partial charge in [-0.1, -0.05) is 135 Å². The summed E-state index contributed by atoms with van der Waals surface area (Å²) in [5, 5.41) is 9.71. The molecule has 11 rings (SSSR count). The summed E-state index contributed by atoms with van der Waals surface area (Å²) in [6.45, 7) is 4.71. The van der Waals surface area contributed by atoms with E-state index in [4.69, 9.17) is 4.42 Å². The number of benzene rings is 8. The average molecular weight is 658 g/mol. The van der Waals surface area contributed by atoms with Crippen LogP contribution in [0.25, 0.3) is 74.8 Å². The van der Waals surface area contributed by atoms with E-state index in [1.807, 2.05) is 11.3 Å². The first kappa shape index (κ1) is 28.0. The molecule has 2 aromatic heterocycles. The minimum absolute atomic E-state index is 0.125. The Kier molecular flexibility index (Phi) is 5.64. The molecular weight excluding hydrogens is 627 g/mol. The molecule has 1 aliphatic carbocycles. The Morgan fingerprint density at radius 2 is 1.08 bits per heavy atom. The van der Waals surface area contributed by atoms with Crippen LogP contribution >= 0.6 is 11.3 Å². The molecule has 0 aliphatic heterocycles. The van der Waals surface area contributed by atoms with Gasteiger partial charge in [0.2, 0.25) is 0 Å². The van der Waals surface area contributed by atoms with Gasteiger partial charge in [-0.2, -0.15) is 0 Å². The van der Waals surface area contributed by atoms with E-state index < -0.39 is 0 Å². The van der Waals surface area contributed by atoms with Gasteiger partial charge in [0.15, 0.2) is 5.58 Å². The Bertz CT molecular complexity index is 2880. The van der Waals surface area contributed by atoms with E-state index in [0.717, 1.165) is 44.4 Å². The Morgan fingerprint density at radius 3 is 1.94 bits per heavy atom. The smallest absolute Gasteiger partial charge is 0.159 e. The number of rotatable bonds is 3. The number of hydrogen-bond acceptors (Lipinski definition) is 3. The SMILES string of the molecule is CC1(C)c2ccccc2-c2ccc(N(c3cccc4c3oc3c5ccccc5ccc43)c3cccc4c3sc3c5ccccc5ccc43)cc21. The van der Waals surface area contributed by atoms with Crippen molar-refractivity contribution in [3.63, 3.8) is 0 Å². The third-order valence-electron chi connectivity index (χ3n) is 11.0. The highest BCUT2D eigenvalue weighted by Gasteiger charge is 2.36. The minimum Gasteiger partial charge on any atom is -0.453 e. The van der Waals surface area contributed by atoms with Crippen LogP contribution in [0.2, 0.25) is 0 Å². The number of nitrogens with zero attached hydrogens (tertiary/aromatic N) is 1. The Hall–Kier alpha value is -5.90. The van der Waals surface area contributed by atoms with Crippen LogP contribution in [0.3, 0.4) is 0 Å². The van der Waals surface area contributed by atoms with Gasteiger partial charge in [0.25, 0.3) is 0 Å². The highest BCUT2D eigenvalue weighted by molar-refractivity contribution is 7.27. The third-order valence-corrected chi connectivity index (χ3v) is 12.3. The summed E-state index contributed by atoms with van der Waals surface area (Å²) in [5.41, 5.74) is 10.4. The summed E-state index contributed by atoms with van der Waals surface area (Å²) in [7, 11) is 0. The van der Waals surface area contributed by atoms with E-state index in [-0.39, 0.29) is 5.41 Å². The van der Waals surface area contributed by atoms with Crippen molar-refractivity contribution in [3.8, 4) is 11.1 Å². The monoisotopic (exact) mass is 657 g/mol. The largest absolute Gasteiger partial charge is 0.453 e. The Labute approximate surface area is 293 Å². The molecule has 2 heterocycles. The van der Waals surface area contributed by atoms with E-state index in [9.17, 15) is 0 Å². The summed E-state index contributed by atoms with van der Waals surface area (Å²) in [6.07, 6.45) is 0. The van der Waals surface area contributed by atoms with Crippen LogP contribution in [0.15, 0.2) is 156 Å². The fourth-order valence-electron chi connectivity index (χ4n) is 8.61. The van der Waals surface area contributed by atoms with E-state index in [2.05, 4.69) is 170 Å². The molecule has 0 fully saturated rings. The van der Waals surface area contributed by atoms with Crippen molar-refractivity contribution in [2.24, 2.45) is 0 Å². The highest BCUT2D eigenvalue weighted by atomic mass is 32.1. The van der Waals surface area contributed by atoms with Crippen LogP contribution in [-0.4, -0.2) is 0 Å². The Morgan fingerprint density at radius 1 is 0.460 bits per heavy atom. The molecule has 0 radical (unpaired) electrons. The van der Waals surface area contributed by atoms with Gasteiger partial charge in [-0.15, -0.1) is 11.3 Å². The molecule has 0 saturated heterocycles. The molecule has 8 aromatic carbocycles. The summed E-state index contributed by atoms with van der Waals surface area (Å²) < 4.78 is 9.58. The molecule has 0 amide bonds. The van der Waals surface area contributed by atoms with Gasteiger partial charge < -0.3 is 9.32 Å². The van der Waals surface area contributed by atoms with Gasteiger partial charge in [0, 0.05) is 42.7 Å². The molecule has 0 spiro atoms. The van der Waals surface area contributed by atoms with Gasteiger partial charge in [-0.25, -0.2) is 0 Å². The van der Waals surface area contributed by atoms with Gasteiger partial charge in [0.05, 0.1) is 16.1 Å². The minimum atomic E-state index is -0.125. The van der Waals surface area contributed by atoms with Crippen LogP contribution in [0.5, 0.6) is 0 Å². The van der Waals surface area contributed by atoms with E-state index in [1.54, 1.807) is 0 Å². The van der Waals surface area contributed by atoms with E-state index in [0.29, 0.717) is 0 Å². The van der Waals surface area contributed by atoms with Crippen LogP contribution in [0, 0.1) is 0 Å². The first-order chi connectivity index (χ1) is 24.6. The fourth-order valence-corrected chi connectivity index (χ4v) is 9.95. The third kappa shape index (κ3) is 3.73. The molecule has 50 heavy (non-hydrogen) atoms. The lowest BCUT2D eigenvalue weighted by Gasteiger charge is -2.28. The van der Waals surface area contributed by atoms with Crippen molar-refractivity contribution >= 4 is 92.1 Å². The quantitative estimate of drug-likeness (QED) is 0.188. The van der Waals surface area contributed by atoms with Crippen molar-refractivity contribution in [1.82, 2.24) is 0 Å². The number of para-hydroxylation sites is 1. The maximum atomic E-state index is 7.00. The molecule has 0 N–H and O–H groups in total. The second-order valence-electron chi connectivity index (χ2n) is 14.1. The first-order valence-corrected chi connectivity index (χ1v) is 18.1. The summed E-state index contributed by atoms with van der Waals surface area (Å²) >= 11 is 1.89. The topological polar surface area (TPSA) is 16.4 Å². The molecule has 1 aliphatic rings. The number of anilines is 3. The second kappa shape index (κ2) is 10.1. The zero-order chi connectivity index (χ0) is 33.1. The predicted molar refractivity (Wildman–Crippen MR) is 214 cm³/mol. The van der Waals surface area contributed by atoms with Crippen molar-refractivity contribution in [1.29, 1.82) is 0 Å². The normalized spacial score (nSPS) is 13.6. The maximum absolute atomic E-state index is 7.00. The zero-order valence-electron chi connectivity index (χ0n) is 27.7. The molecule has 0 atom stereocenters. The zero-order valence-corrected chi connectivity index (χ0v) is 28.5. The number of thiophene rings is 1. The van der Waals surface area contributed by atoms with Gasteiger partial charge in [-0.05, 0) is 68.7 Å². The molecule has 2 nitrogen and oxygen atoms in total. The molecule has 236 valence electrons. The van der Waals surface area contributed by atoms with Crippen LogP contribution in [0.4, 0.5) is 17.1 Å². The summed E-state index contributed by atoms with van der Waals surface area (Å²) in [6, 6.07) is 55.5. The lowest BCUT2D eigenvalue weighted by Crippen LogP contribution is -2.16. The predicted octanol–water partition coefficient (Wildman–Crippen LogP) is 14.0. The molecular formula is C47H31NOS. The van der Waals surface area contributed by atoms with E-state index >= 15 is 0 Å². The van der Waals surface area contributed by atoms with Crippen molar-refractivity contribution in [2.45, 2.75) is 19.3 Å². The van der Waals surface area contributed by atoms with Crippen molar-refractivity contribution < 1.29 is 4.42 Å². The Balaban J connectivity index is 1.23.